The van der Waals surface area contributed by atoms with Crippen LogP contribution < -0.4 is 10.2 Å². The maximum Gasteiger partial charge on any atom is 0.490 e. The van der Waals surface area contributed by atoms with E-state index in [2.05, 4.69) is 4.98 Å². The molecular formula is C9H12BNO3. The van der Waals surface area contributed by atoms with Crippen molar-refractivity contribution in [2.45, 2.75) is 25.4 Å². The van der Waals surface area contributed by atoms with Gasteiger partial charge in [0.05, 0.1) is 12.3 Å². The largest absolute Gasteiger partial charge is 0.490 e. The van der Waals surface area contributed by atoms with Gasteiger partial charge in [-0.05, 0) is 25.3 Å². The molecule has 0 spiro atoms. The Morgan fingerprint density at radius 3 is 2.71 bits per heavy atom. The Labute approximate surface area is 82.7 Å². The Bertz CT molecular complexity index is 315. The number of aromatic nitrogens is 1. The summed E-state index contributed by atoms with van der Waals surface area (Å²) in [5.74, 6) is 0.611. The zero-order valence-corrected chi connectivity index (χ0v) is 7.76. The van der Waals surface area contributed by atoms with Crippen molar-refractivity contribution < 1.29 is 14.8 Å². The monoisotopic (exact) mass is 193 g/mol. The summed E-state index contributed by atoms with van der Waals surface area (Å²) in [4.78, 5) is 3.87. The van der Waals surface area contributed by atoms with Gasteiger partial charge in [0.1, 0.15) is 5.75 Å². The molecule has 5 heteroatoms. The molecule has 0 saturated heterocycles. The number of hydrogen-bond acceptors (Lipinski definition) is 4. The molecule has 4 nitrogen and oxygen atoms in total. The van der Waals surface area contributed by atoms with Crippen LogP contribution in [0.4, 0.5) is 0 Å². The normalized spacial score (nSPS) is 16.1. The van der Waals surface area contributed by atoms with Crippen LogP contribution in [0.5, 0.6) is 5.75 Å². The van der Waals surface area contributed by atoms with Crippen molar-refractivity contribution in [3.8, 4) is 5.75 Å². The lowest BCUT2D eigenvalue weighted by Crippen LogP contribution is -2.31. The Morgan fingerprint density at radius 2 is 2.14 bits per heavy atom. The molecule has 1 aromatic heterocycles. The summed E-state index contributed by atoms with van der Waals surface area (Å²) in [6.45, 7) is 0. The SMILES string of the molecule is OB(O)c1cncc(OC2CCC2)c1. The third-order valence-corrected chi connectivity index (χ3v) is 2.39. The maximum atomic E-state index is 8.91. The summed E-state index contributed by atoms with van der Waals surface area (Å²) >= 11 is 0. The number of nitrogens with zero attached hydrogens (tertiary/aromatic N) is 1. The highest BCUT2D eigenvalue weighted by Gasteiger charge is 2.20. The third-order valence-electron chi connectivity index (χ3n) is 2.39. The van der Waals surface area contributed by atoms with Gasteiger partial charge in [0.15, 0.2) is 0 Å². The zero-order chi connectivity index (χ0) is 9.97. The van der Waals surface area contributed by atoms with Gasteiger partial charge in [-0.15, -0.1) is 0 Å². The standard InChI is InChI=1S/C9H12BNO3/c12-10(13)7-4-9(6-11-5-7)14-8-2-1-3-8/h4-6,8,12-13H,1-3H2. The van der Waals surface area contributed by atoms with Crippen LogP contribution in [0.15, 0.2) is 18.5 Å². The minimum Gasteiger partial charge on any atom is -0.489 e. The molecule has 0 aliphatic heterocycles. The van der Waals surface area contributed by atoms with Gasteiger partial charge in [-0.2, -0.15) is 0 Å². The van der Waals surface area contributed by atoms with Crippen LogP contribution >= 0.6 is 0 Å². The van der Waals surface area contributed by atoms with Crippen LogP contribution in [0.3, 0.4) is 0 Å². The molecule has 1 aliphatic rings. The molecule has 1 aliphatic carbocycles. The first-order valence-electron chi connectivity index (χ1n) is 4.73. The van der Waals surface area contributed by atoms with Crippen LogP contribution in [0.1, 0.15) is 19.3 Å². The molecule has 0 aromatic carbocycles. The first-order valence-corrected chi connectivity index (χ1v) is 4.73. The van der Waals surface area contributed by atoms with Crippen molar-refractivity contribution in [1.29, 1.82) is 0 Å². The summed E-state index contributed by atoms with van der Waals surface area (Å²) < 4.78 is 5.56. The highest BCUT2D eigenvalue weighted by Crippen LogP contribution is 2.23. The number of rotatable bonds is 3. The Hall–Kier alpha value is -1.07. The van der Waals surface area contributed by atoms with E-state index in [1.807, 2.05) is 0 Å². The van der Waals surface area contributed by atoms with Gasteiger partial charge in [-0.1, -0.05) is 0 Å². The molecule has 1 saturated carbocycles. The lowest BCUT2D eigenvalue weighted by atomic mass is 9.82. The fourth-order valence-electron chi connectivity index (χ4n) is 1.32. The summed E-state index contributed by atoms with van der Waals surface area (Å²) in [5.41, 5.74) is 0.363. The van der Waals surface area contributed by atoms with Gasteiger partial charge < -0.3 is 14.8 Å². The second-order valence-corrected chi connectivity index (χ2v) is 3.50. The van der Waals surface area contributed by atoms with Gasteiger partial charge in [-0.25, -0.2) is 0 Å². The second-order valence-electron chi connectivity index (χ2n) is 3.50. The van der Waals surface area contributed by atoms with Crippen LogP contribution in [-0.4, -0.2) is 28.3 Å². The number of hydrogen-bond donors (Lipinski definition) is 2. The smallest absolute Gasteiger partial charge is 0.489 e. The van der Waals surface area contributed by atoms with E-state index in [9.17, 15) is 0 Å². The average molecular weight is 193 g/mol. The number of ether oxygens (including phenoxy) is 1. The summed E-state index contributed by atoms with van der Waals surface area (Å²) in [6, 6.07) is 1.61. The third kappa shape index (κ3) is 2.05. The van der Waals surface area contributed by atoms with Crippen LogP contribution in [0.25, 0.3) is 0 Å². The molecule has 14 heavy (non-hydrogen) atoms. The Balaban J connectivity index is 2.05. The molecular weight excluding hydrogens is 181 g/mol. The zero-order valence-electron chi connectivity index (χ0n) is 7.76. The molecule has 2 rings (SSSR count). The van der Waals surface area contributed by atoms with E-state index in [0.29, 0.717) is 11.2 Å². The van der Waals surface area contributed by atoms with E-state index in [-0.39, 0.29) is 6.10 Å². The van der Waals surface area contributed by atoms with Crippen molar-refractivity contribution in [2.75, 3.05) is 0 Å². The minimum absolute atomic E-state index is 0.280. The average Bonchev–Trinajstić information content (AvgIpc) is 2.12. The first kappa shape index (κ1) is 9.49. The highest BCUT2D eigenvalue weighted by atomic mass is 16.5. The fourth-order valence-corrected chi connectivity index (χ4v) is 1.32. The predicted molar refractivity (Wildman–Crippen MR) is 52.3 cm³/mol. The van der Waals surface area contributed by atoms with Crippen molar-refractivity contribution in [3.63, 3.8) is 0 Å². The van der Waals surface area contributed by atoms with Gasteiger partial charge in [0.2, 0.25) is 0 Å². The Kier molecular flexibility index (Phi) is 2.70. The van der Waals surface area contributed by atoms with Crippen molar-refractivity contribution >= 4 is 12.6 Å². The lowest BCUT2D eigenvalue weighted by Gasteiger charge is -2.26. The topological polar surface area (TPSA) is 62.6 Å². The summed E-state index contributed by atoms with van der Waals surface area (Å²) in [5, 5.41) is 17.8. The van der Waals surface area contributed by atoms with Gasteiger partial charge >= 0.3 is 7.12 Å². The predicted octanol–water partition coefficient (Wildman–Crippen LogP) is -0.307. The van der Waals surface area contributed by atoms with Crippen LogP contribution in [0, 0.1) is 0 Å². The van der Waals surface area contributed by atoms with E-state index in [1.165, 1.54) is 12.6 Å². The van der Waals surface area contributed by atoms with E-state index in [4.69, 9.17) is 14.8 Å². The molecule has 0 bridgehead atoms. The van der Waals surface area contributed by atoms with Crippen LogP contribution in [-0.2, 0) is 0 Å². The first-order chi connectivity index (χ1) is 6.75. The summed E-state index contributed by atoms with van der Waals surface area (Å²) in [6.07, 6.45) is 6.64. The van der Waals surface area contributed by atoms with E-state index >= 15 is 0 Å². The second kappa shape index (κ2) is 3.98. The van der Waals surface area contributed by atoms with Gasteiger partial charge in [0, 0.05) is 11.7 Å². The van der Waals surface area contributed by atoms with Gasteiger partial charge in [-0.3, -0.25) is 4.98 Å². The number of pyridine rings is 1. The summed E-state index contributed by atoms with van der Waals surface area (Å²) in [7, 11) is -1.48. The van der Waals surface area contributed by atoms with Crippen molar-refractivity contribution in [3.05, 3.63) is 18.5 Å². The van der Waals surface area contributed by atoms with Crippen molar-refractivity contribution in [2.24, 2.45) is 0 Å². The fraction of sp³-hybridized carbons (Fsp3) is 0.444. The molecule has 0 unspecified atom stereocenters. The van der Waals surface area contributed by atoms with E-state index < -0.39 is 7.12 Å². The molecule has 0 radical (unpaired) electrons. The van der Waals surface area contributed by atoms with Crippen LogP contribution in [0.2, 0.25) is 0 Å². The Morgan fingerprint density at radius 1 is 1.36 bits per heavy atom. The molecule has 2 N–H and O–H groups in total. The molecule has 74 valence electrons. The van der Waals surface area contributed by atoms with Crippen molar-refractivity contribution in [1.82, 2.24) is 4.98 Å². The molecule has 1 aromatic rings. The van der Waals surface area contributed by atoms with E-state index in [0.717, 1.165) is 12.8 Å². The van der Waals surface area contributed by atoms with Gasteiger partial charge in [0.25, 0.3) is 0 Å². The molecule has 0 atom stereocenters. The molecule has 1 fully saturated rings. The molecule has 0 amide bonds. The quantitative estimate of drug-likeness (QED) is 0.646. The minimum atomic E-state index is -1.48. The highest BCUT2D eigenvalue weighted by molar-refractivity contribution is 6.58. The molecule has 1 heterocycles. The van der Waals surface area contributed by atoms with E-state index in [1.54, 1.807) is 12.3 Å². The maximum absolute atomic E-state index is 8.91. The lowest BCUT2D eigenvalue weighted by molar-refractivity contribution is 0.120.